The molecule has 2 bridgehead atoms. The van der Waals surface area contributed by atoms with Crippen molar-refractivity contribution in [1.29, 1.82) is 0 Å². The number of carbonyl (C=O) groups is 3. The quantitative estimate of drug-likeness (QED) is 0.222. The number of esters is 1. The molecule has 2 saturated carbocycles. The summed E-state index contributed by atoms with van der Waals surface area (Å²) >= 11 is 0. The van der Waals surface area contributed by atoms with E-state index in [0.717, 1.165) is 15.7 Å². The predicted molar refractivity (Wildman–Crippen MR) is 129 cm³/mol. The second kappa shape index (κ2) is 9.41. The molecule has 8 nitrogen and oxygen atoms in total. The first-order chi connectivity index (χ1) is 18.9. The normalized spacial score (nSPS) is 26.5. The molecule has 4 unspecified atom stereocenters. The molecule has 1 heterocycles. The molecule has 1 aliphatic heterocycles. The van der Waals surface area contributed by atoms with Crippen molar-refractivity contribution in [2.45, 2.75) is 43.6 Å². The van der Waals surface area contributed by atoms with Gasteiger partial charge in [0.15, 0.2) is 0 Å². The Kier molecular flexibility index (Phi) is 6.72. The van der Waals surface area contributed by atoms with Crippen LogP contribution in [-0.4, -0.2) is 65.9 Å². The smallest absolute Gasteiger partial charge is 0.438 e. The van der Waals surface area contributed by atoms with Gasteiger partial charge >= 0.3 is 23.9 Å². The van der Waals surface area contributed by atoms with E-state index >= 15 is 0 Å². The maximum atomic E-state index is 13.7. The Hall–Kier alpha value is -3.20. The largest absolute Gasteiger partial charge is 0.438 e. The van der Waals surface area contributed by atoms with Gasteiger partial charge in [0, 0.05) is 18.0 Å². The lowest BCUT2D eigenvalue weighted by molar-refractivity contribution is -0.361. The summed E-state index contributed by atoms with van der Waals surface area (Å²) in [6.07, 6.45) is -13.2. The van der Waals surface area contributed by atoms with E-state index in [9.17, 15) is 49.1 Å². The van der Waals surface area contributed by atoms with Gasteiger partial charge in [-0.1, -0.05) is 30.3 Å². The lowest BCUT2D eigenvalue weighted by atomic mass is 9.69. The number of benzene rings is 2. The number of amides is 2. The number of halogens is 6. The highest BCUT2D eigenvalue weighted by Crippen LogP contribution is 2.65. The summed E-state index contributed by atoms with van der Waals surface area (Å²) in [6.45, 7) is -0.0194. The van der Waals surface area contributed by atoms with Crippen molar-refractivity contribution in [3.05, 3.63) is 48.0 Å². The van der Waals surface area contributed by atoms with Gasteiger partial charge in [-0.25, -0.2) is 0 Å². The average Bonchev–Trinajstić information content (AvgIpc) is 3.51. The number of carbonyl (C=O) groups excluding carboxylic acids is 3. The number of ether oxygens (including phenoxy) is 1. The van der Waals surface area contributed by atoms with Crippen LogP contribution < -0.4 is 0 Å². The van der Waals surface area contributed by atoms with Crippen LogP contribution in [0.2, 0.25) is 0 Å². The van der Waals surface area contributed by atoms with Gasteiger partial charge in [-0.3, -0.25) is 23.8 Å². The molecule has 1 N–H and O–H groups in total. The highest BCUT2D eigenvalue weighted by Gasteiger charge is 2.76. The number of likely N-dealkylation sites (tertiary alicyclic amines) is 1. The lowest BCUT2D eigenvalue weighted by Gasteiger charge is -2.38. The molecule has 41 heavy (non-hydrogen) atoms. The van der Waals surface area contributed by atoms with Crippen molar-refractivity contribution in [2.75, 3.05) is 12.3 Å². The van der Waals surface area contributed by atoms with Crippen LogP contribution in [-0.2, 0) is 24.4 Å². The minimum Gasteiger partial charge on any atom is -0.438 e. The molecule has 2 aromatic rings. The average molecular weight is 608 g/mol. The Morgan fingerprint density at radius 1 is 1.02 bits per heavy atom. The molecule has 3 aliphatic rings. The number of fused-ring (bicyclic) bond motifs is 6. The fraction of sp³-hybridized carbons (Fsp3) is 0.500. The zero-order valence-electron chi connectivity index (χ0n) is 21.0. The van der Waals surface area contributed by atoms with E-state index in [1.165, 1.54) is 6.07 Å². The minimum absolute atomic E-state index is 0.0194. The second-order valence-electron chi connectivity index (χ2n) is 11.0. The predicted octanol–water partition coefficient (Wildman–Crippen LogP) is 4.54. The van der Waals surface area contributed by atoms with Crippen molar-refractivity contribution in [2.24, 2.45) is 23.2 Å². The van der Waals surface area contributed by atoms with Crippen LogP contribution in [0.25, 0.3) is 10.8 Å². The second-order valence-corrected chi connectivity index (χ2v) is 12.5. The van der Waals surface area contributed by atoms with Gasteiger partial charge in [0.1, 0.15) is 5.75 Å². The first kappa shape index (κ1) is 29.3. The monoisotopic (exact) mass is 607 g/mol. The van der Waals surface area contributed by atoms with Gasteiger partial charge in [0.25, 0.3) is 16.0 Å². The molecule has 5 rings (SSSR count). The maximum Gasteiger partial charge on any atom is 0.438 e. The SMILES string of the molecule is O=C(CC12CCC(C1)C1CN(C(=O)c3ccc4ccccc4c3)C(=O)C12)OC(CS(=O)(=O)O)(C(F)(F)F)C(F)(F)F. The van der Waals surface area contributed by atoms with Crippen LogP contribution in [0.1, 0.15) is 36.0 Å². The number of hydrogen-bond donors (Lipinski definition) is 1. The number of alkyl halides is 6. The molecule has 3 fully saturated rings. The van der Waals surface area contributed by atoms with Crippen molar-refractivity contribution >= 4 is 38.7 Å². The summed E-state index contributed by atoms with van der Waals surface area (Å²) < 4.78 is 117. The van der Waals surface area contributed by atoms with Crippen molar-refractivity contribution in [3.8, 4) is 0 Å². The summed E-state index contributed by atoms with van der Waals surface area (Å²) in [4.78, 5) is 40.6. The molecule has 4 atom stereocenters. The fourth-order valence-electron chi connectivity index (χ4n) is 6.92. The Morgan fingerprint density at radius 2 is 1.66 bits per heavy atom. The minimum atomic E-state index is -6.45. The first-order valence-corrected chi connectivity index (χ1v) is 14.1. The zero-order valence-corrected chi connectivity index (χ0v) is 21.9. The lowest BCUT2D eigenvalue weighted by Crippen LogP contribution is -2.63. The highest BCUT2D eigenvalue weighted by atomic mass is 32.2. The summed E-state index contributed by atoms with van der Waals surface area (Å²) in [7, 11) is -5.93. The summed E-state index contributed by atoms with van der Waals surface area (Å²) in [5.41, 5.74) is -6.68. The van der Waals surface area contributed by atoms with Gasteiger partial charge in [0.2, 0.25) is 5.91 Å². The van der Waals surface area contributed by atoms with Crippen molar-refractivity contribution in [3.63, 3.8) is 0 Å². The van der Waals surface area contributed by atoms with Gasteiger partial charge in [-0.2, -0.15) is 34.8 Å². The molecule has 1 saturated heterocycles. The molecule has 0 spiro atoms. The van der Waals surface area contributed by atoms with E-state index in [-0.39, 0.29) is 30.9 Å². The maximum absolute atomic E-state index is 13.7. The number of imide groups is 1. The van der Waals surface area contributed by atoms with Crippen LogP contribution in [0.3, 0.4) is 0 Å². The highest BCUT2D eigenvalue weighted by molar-refractivity contribution is 7.85. The molecule has 2 aliphatic carbocycles. The fourth-order valence-corrected chi connectivity index (χ4v) is 7.82. The van der Waals surface area contributed by atoms with E-state index in [4.69, 9.17) is 4.55 Å². The van der Waals surface area contributed by atoms with Gasteiger partial charge in [-0.05, 0) is 59.4 Å². The number of rotatable bonds is 6. The van der Waals surface area contributed by atoms with E-state index in [0.29, 0.717) is 6.42 Å². The molecular formula is C26H23F6NO7S. The third-order valence-electron chi connectivity index (χ3n) is 8.63. The Morgan fingerprint density at radius 3 is 2.27 bits per heavy atom. The van der Waals surface area contributed by atoms with Gasteiger partial charge in [0.05, 0.1) is 6.42 Å². The zero-order chi connectivity index (χ0) is 30.2. The van der Waals surface area contributed by atoms with Crippen LogP contribution in [0.15, 0.2) is 42.5 Å². The third-order valence-corrected chi connectivity index (χ3v) is 9.40. The van der Waals surface area contributed by atoms with Crippen molar-refractivity contribution < 1.29 is 58.4 Å². The molecule has 222 valence electrons. The van der Waals surface area contributed by atoms with E-state index in [1.54, 1.807) is 24.3 Å². The Labute approximate surface area is 229 Å². The van der Waals surface area contributed by atoms with E-state index in [1.807, 2.05) is 12.1 Å². The molecule has 15 heteroatoms. The van der Waals surface area contributed by atoms with Gasteiger partial charge < -0.3 is 4.74 Å². The Bertz CT molecular complexity index is 1520. The standard InChI is InChI=1S/C26H23F6NO7S/c27-25(28,29)24(26(30,31)32,13-41(37,38)39)40-19(34)11-23-8-7-17(10-23)18-12-33(22(36)20(18)23)21(35)16-6-5-14-3-1-2-4-15(14)9-16/h1-6,9,17-18,20H,7-8,10-13H2,(H,37,38,39). The third kappa shape index (κ3) is 4.86. The van der Waals surface area contributed by atoms with Gasteiger partial charge in [-0.15, -0.1) is 0 Å². The van der Waals surface area contributed by atoms with E-state index in [2.05, 4.69) is 4.74 Å². The summed E-state index contributed by atoms with van der Waals surface area (Å²) in [6, 6.07) is 12.0. The molecule has 0 radical (unpaired) electrons. The van der Waals surface area contributed by atoms with Crippen LogP contribution >= 0.6 is 0 Å². The Balaban J connectivity index is 1.40. The van der Waals surface area contributed by atoms with Crippen LogP contribution in [0.4, 0.5) is 26.3 Å². The van der Waals surface area contributed by atoms with E-state index < -0.39 is 75.3 Å². The van der Waals surface area contributed by atoms with Crippen LogP contribution in [0.5, 0.6) is 0 Å². The molecule has 0 aromatic heterocycles. The molecular weight excluding hydrogens is 584 g/mol. The number of nitrogens with zero attached hydrogens (tertiary/aromatic N) is 1. The van der Waals surface area contributed by atoms with Crippen LogP contribution in [0, 0.1) is 23.2 Å². The summed E-state index contributed by atoms with van der Waals surface area (Å²) in [5, 5.41) is 1.60. The molecule has 2 amide bonds. The van der Waals surface area contributed by atoms with Crippen molar-refractivity contribution in [1.82, 2.24) is 4.90 Å². The first-order valence-electron chi connectivity index (χ1n) is 12.5. The molecule has 2 aromatic carbocycles. The number of hydrogen-bond acceptors (Lipinski definition) is 6. The summed E-state index contributed by atoms with van der Waals surface area (Å²) in [5.74, 6) is -7.98. The topological polar surface area (TPSA) is 118 Å².